The van der Waals surface area contributed by atoms with E-state index in [1.54, 1.807) is 18.2 Å². The zero-order chi connectivity index (χ0) is 19.1. The summed E-state index contributed by atoms with van der Waals surface area (Å²) in [7, 11) is 0. The minimum absolute atomic E-state index is 0.156. The minimum Gasteiger partial charge on any atom is -0.481 e. The molecule has 2 aromatic carbocycles. The molecule has 0 unspecified atom stereocenters. The van der Waals surface area contributed by atoms with E-state index in [4.69, 9.17) is 9.84 Å². The smallest absolute Gasteiger partial charge is 0.341 e. The van der Waals surface area contributed by atoms with Gasteiger partial charge in [0, 0.05) is 11.6 Å². The number of halogens is 2. The molecule has 2 rings (SSSR count). The Labute approximate surface area is 146 Å². The van der Waals surface area contributed by atoms with Crippen LogP contribution in [0.3, 0.4) is 0 Å². The van der Waals surface area contributed by atoms with Crippen molar-refractivity contribution in [3.05, 3.63) is 65.2 Å². The lowest BCUT2D eigenvalue weighted by Gasteiger charge is -2.08. The topological polar surface area (TPSA) is 99.4 Å². The number of benzene rings is 2. The molecule has 0 aliphatic carbocycles. The summed E-state index contributed by atoms with van der Waals surface area (Å²) in [6.45, 7) is -0.597. The van der Waals surface area contributed by atoms with Crippen molar-refractivity contribution < 1.29 is 28.2 Å². The molecular formula is C18H12F2N2O4. The van der Waals surface area contributed by atoms with E-state index in [0.29, 0.717) is 11.6 Å². The average Bonchev–Trinajstić information content (AvgIpc) is 2.60. The van der Waals surface area contributed by atoms with Gasteiger partial charge in [0.25, 0.3) is 5.91 Å². The first-order valence-electron chi connectivity index (χ1n) is 7.22. The second-order valence-electron chi connectivity index (χ2n) is 4.97. The Kier molecular flexibility index (Phi) is 6.01. The number of amides is 1. The van der Waals surface area contributed by atoms with Crippen molar-refractivity contribution >= 4 is 23.6 Å². The van der Waals surface area contributed by atoms with Crippen LogP contribution >= 0.6 is 0 Å². The predicted molar refractivity (Wildman–Crippen MR) is 88.2 cm³/mol. The van der Waals surface area contributed by atoms with E-state index in [1.165, 1.54) is 18.2 Å². The van der Waals surface area contributed by atoms with Gasteiger partial charge in [0.2, 0.25) is 0 Å². The van der Waals surface area contributed by atoms with Crippen LogP contribution in [0.1, 0.15) is 5.56 Å². The fourth-order valence-electron chi connectivity index (χ4n) is 1.96. The molecule has 0 aliphatic heterocycles. The van der Waals surface area contributed by atoms with Crippen molar-refractivity contribution in [2.24, 2.45) is 0 Å². The van der Waals surface area contributed by atoms with E-state index >= 15 is 0 Å². The van der Waals surface area contributed by atoms with E-state index in [-0.39, 0.29) is 17.0 Å². The highest BCUT2D eigenvalue weighted by Gasteiger charge is 2.14. The minimum atomic E-state index is -1.19. The Morgan fingerprint density at radius 1 is 1.23 bits per heavy atom. The Morgan fingerprint density at radius 3 is 2.62 bits per heavy atom. The number of hydrogen-bond donors (Lipinski definition) is 2. The first-order valence-corrected chi connectivity index (χ1v) is 7.22. The number of carbonyl (C=O) groups is 2. The van der Waals surface area contributed by atoms with Crippen LogP contribution in [0.2, 0.25) is 0 Å². The van der Waals surface area contributed by atoms with Crippen LogP contribution in [-0.4, -0.2) is 23.6 Å². The number of nitrogens with one attached hydrogen (secondary N) is 1. The summed E-state index contributed by atoms with van der Waals surface area (Å²) < 4.78 is 31.6. The van der Waals surface area contributed by atoms with Crippen molar-refractivity contribution in [3.8, 4) is 11.8 Å². The number of carboxylic acid groups (broad SMARTS) is 1. The Hall–Kier alpha value is -3.73. The van der Waals surface area contributed by atoms with Crippen molar-refractivity contribution in [2.45, 2.75) is 0 Å². The molecule has 6 nitrogen and oxygen atoms in total. The maximum Gasteiger partial charge on any atom is 0.341 e. The fraction of sp³-hybridized carbons (Fsp3) is 0.0556. The van der Waals surface area contributed by atoms with Gasteiger partial charge in [0.1, 0.15) is 29.0 Å². The third-order valence-corrected chi connectivity index (χ3v) is 3.11. The van der Waals surface area contributed by atoms with Gasteiger partial charge < -0.3 is 15.2 Å². The second-order valence-corrected chi connectivity index (χ2v) is 4.97. The van der Waals surface area contributed by atoms with Crippen LogP contribution in [0.25, 0.3) is 6.08 Å². The van der Waals surface area contributed by atoms with E-state index in [2.05, 4.69) is 5.32 Å². The SMILES string of the molecule is N#CC(=Cc1ccccc1OCC(=O)O)C(=O)Nc1ccc(F)cc1F. The largest absolute Gasteiger partial charge is 0.481 e. The molecule has 0 radical (unpaired) electrons. The van der Waals surface area contributed by atoms with Gasteiger partial charge >= 0.3 is 5.97 Å². The lowest BCUT2D eigenvalue weighted by atomic mass is 10.1. The van der Waals surface area contributed by atoms with Gasteiger partial charge in [-0.15, -0.1) is 0 Å². The van der Waals surface area contributed by atoms with Gasteiger partial charge in [-0.2, -0.15) is 5.26 Å². The maximum absolute atomic E-state index is 13.6. The van der Waals surface area contributed by atoms with Crippen LogP contribution in [0.15, 0.2) is 48.0 Å². The number of carbonyl (C=O) groups excluding carboxylic acids is 1. The molecule has 0 saturated heterocycles. The van der Waals surface area contributed by atoms with Gasteiger partial charge in [-0.05, 0) is 24.3 Å². The standard InChI is InChI=1S/C18H12F2N2O4/c19-13-5-6-15(14(20)8-13)22-18(25)12(9-21)7-11-3-1-2-4-16(11)26-10-17(23)24/h1-8H,10H2,(H,22,25)(H,23,24). The summed E-state index contributed by atoms with van der Waals surface area (Å²) >= 11 is 0. The molecule has 132 valence electrons. The highest BCUT2D eigenvalue weighted by molar-refractivity contribution is 6.09. The highest BCUT2D eigenvalue weighted by Crippen LogP contribution is 2.22. The molecule has 2 N–H and O–H groups in total. The Bertz CT molecular complexity index is 920. The molecule has 0 saturated carbocycles. The molecule has 0 fully saturated rings. The van der Waals surface area contributed by atoms with Gasteiger partial charge in [0.05, 0.1) is 5.69 Å². The molecule has 8 heteroatoms. The molecule has 2 aromatic rings. The molecule has 0 spiro atoms. The highest BCUT2D eigenvalue weighted by atomic mass is 19.1. The average molecular weight is 358 g/mol. The fourth-order valence-corrected chi connectivity index (χ4v) is 1.96. The third kappa shape index (κ3) is 4.88. The number of anilines is 1. The summed E-state index contributed by atoms with van der Waals surface area (Å²) in [6, 6.07) is 10.4. The van der Waals surface area contributed by atoms with Crippen LogP contribution < -0.4 is 10.1 Å². The van der Waals surface area contributed by atoms with Crippen LogP contribution in [0.5, 0.6) is 5.75 Å². The molecule has 26 heavy (non-hydrogen) atoms. The van der Waals surface area contributed by atoms with Crippen molar-refractivity contribution in [3.63, 3.8) is 0 Å². The van der Waals surface area contributed by atoms with Crippen molar-refractivity contribution in [1.29, 1.82) is 5.26 Å². The summed E-state index contributed by atoms with van der Waals surface area (Å²) in [5, 5.41) is 20.0. The van der Waals surface area contributed by atoms with Crippen molar-refractivity contribution in [2.75, 3.05) is 11.9 Å². The predicted octanol–water partition coefficient (Wildman–Crippen LogP) is 2.97. The van der Waals surface area contributed by atoms with Crippen LogP contribution in [-0.2, 0) is 9.59 Å². The number of nitriles is 1. The monoisotopic (exact) mass is 358 g/mol. The number of hydrogen-bond acceptors (Lipinski definition) is 4. The molecule has 0 atom stereocenters. The zero-order valence-electron chi connectivity index (χ0n) is 13.2. The molecule has 0 aromatic heterocycles. The Morgan fingerprint density at radius 2 is 1.96 bits per heavy atom. The van der Waals surface area contributed by atoms with E-state index in [0.717, 1.165) is 12.1 Å². The van der Waals surface area contributed by atoms with Crippen LogP contribution in [0, 0.1) is 23.0 Å². The summed E-state index contributed by atoms with van der Waals surface area (Å²) in [5.41, 5.74) is -0.368. The first kappa shape index (κ1) is 18.6. The summed E-state index contributed by atoms with van der Waals surface area (Å²) in [4.78, 5) is 22.8. The molecule has 0 bridgehead atoms. The third-order valence-electron chi connectivity index (χ3n) is 3.11. The second kappa shape index (κ2) is 8.39. The zero-order valence-corrected chi connectivity index (χ0v) is 13.2. The maximum atomic E-state index is 13.6. The van der Waals surface area contributed by atoms with E-state index in [1.807, 2.05) is 0 Å². The Balaban J connectivity index is 2.26. The van der Waals surface area contributed by atoms with E-state index < -0.39 is 30.1 Å². The number of aliphatic carboxylic acids is 1. The quantitative estimate of drug-likeness (QED) is 0.611. The lowest BCUT2D eigenvalue weighted by Crippen LogP contribution is -2.15. The summed E-state index contributed by atoms with van der Waals surface area (Å²) in [6.07, 6.45) is 1.17. The molecular weight excluding hydrogens is 346 g/mol. The van der Waals surface area contributed by atoms with Gasteiger partial charge in [-0.3, -0.25) is 4.79 Å². The van der Waals surface area contributed by atoms with Crippen LogP contribution in [0.4, 0.5) is 14.5 Å². The van der Waals surface area contributed by atoms with Gasteiger partial charge in [0.15, 0.2) is 6.61 Å². The number of rotatable bonds is 6. The first-order chi connectivity index (χ1) is 12.4. The normalized spacial score (nSPS) is 10.7. The lowest BCUT2D eigenvalue weighted by molar-refractivity contribution is -0.139. The van der Waals surface area contributed by atoms with E-state index in [9.17, 15) is 23.6 Å². The van der Waals surface area contributed by atoms with Crippen molar-refractivity contribution in [1.82, 2.24) is 0 Å². The van der Waals surface area contributed by atoms with Gasteiger partial charge in [-0.25, -0.2) is 13.6 Å². The number of carboxylic acids is 1. The van der Waals surface area contributed by atoms with Gasteiger partial charge in [-0.1, -0.05) is 18.2 Å². The summed E-state index contributed by atoms with van der Waals surface area (Å²) in [5.74, 6) is -3.73. The number of para-hydroxylation sites is 1. The molecule has 0 aliphatic rings. The number of ether oxygens (including phenoxy) is 1. The number of nitrogens with zero attached hydrogens (tertiary/aromatic N) is 1. The molecule has 0 heterocycles. The molecule has 1 amide bonds.